The van der Waals surface area contributed by atoms with Gasteiger partial charge in [0.05, 0.1) is 6.54 Å². The molecule has 1 aromatic rings. The summed E-state index contributed by atoms with van der Waals surface area (Å²) in [7, 11) is 0. The number of nitrogens with two attached hydrogens (primary N) is 1. The van der Waals surface area contributed by atoms with Crippen LogP contribution < -0.4 is 5.73 Å². The lowest BCUT2D eigenvalue weighted by molar-refractivity contribution is -0.0579. The fraction of sp³-hybridized carbons (Fsp3) is 0.533. The van der Waals surface area contributed by atoms with Crippen molar-refractivity contribution < 1.29 is 10.0 Å². The molecule has 1 aliphatic carbocycles. The summed E-state index contributed by atoms with van der Waals surface area (Å²) >= 11 is 0. The molecule has 2 aliphatic rings. The molecule has 1 aliphatic heterocycles. The average molecular weight is 260 g/mol. The number of hydrogen-bond acceptors (Lipinski definition) is 3. The highest BCUT2D eigenvalue weighted by Gasteiger charge is 2.27. The van der Waals surface area contributed by atoms with Crippen LogP contribution in [0.4, 0.5) is 0 Å². The van der Waals surface area contributed by atoms with Crippen LogP contribution in [0.25, 0.3) is 0 Å². The zero-order chi connectivity index (χ0) is 13.4. The number of carbonyl (C=O) groups excluding carboxylic acids is 1. The van der Waals surface area contributed by atoms with E-state index in [-0.39, 0.29) is 5.91 Å². The standard InChI is InChI=1S/C15H20N2O2/c16-14-4-2-1-3-11(14)7-10-5-6-13-12(8-10)9-17(19)15(13)18/h5-6,8,11,14,19H,1-4,7,9,16H2/t11-,14+/m1/s1. The summed E-state index contributed by atoms with van der Waals surface area (Å²) in [5.74, 6) is 0.255. The number of fused-ring (bicyclic) bond motifs is 1. The smallest absolute Gasteiger partial charge is 0.277 e. The Bertz CT molecular complexity index is 501. The Labute approximate surface area is 113 Å². The zero-order valence-corrected chi connectivity index (χ0v) is 11.0. The number of amides is 1. The van der Waals surface area contributed by atoms with E-state index >= 15 is 0 Å². The molecule has 3 N–H and O–H groups in total. The Balaban J connectivity index is 1.76. The molecule has 0 spiro atoms. The number of hydrogen-bond donors (Lipinski definition) is 2. The van der Waals surface area contributed by atoms with E-state index < -0.39 is 0 Å². The van der Waals surface area contributed by atoms with Crippen molar-refractivity contribution in [2.45, 2.75) is 44.7 Å². The highest BCUT2D eigenvalue weighted by molar-refractivity contribution is 5.97. The van der Waals surface area contributed by atoms with Crippen molar-refractivity contribution in [3.05, 3.63) is 34.9 Å². The van der Waals surface area contributed by atoms with Gasteiger partial charge in [-0.15, -0.1) is 0 Å². The van der Waals surface area contributed by atoms with Crippen molar-refractivity contribution in [1.29, 1.82) is 0 Å². The molecule has 19 heavy (non-hydrogen) atoms. The predicted octanol–water partition coefficient (Wildman–Crippen LogP) is 2.09. The van der Waals surface area contributed by atoms with Gasteiger partial charge in [0.2, 0.25) is 0 Å². The van der Waals surface area contributed by atoms with Crippen LogP contribution in [0.2, 0.25) is 0 Å². The molecule has 1 aromatic carbocycles. The fourth-order valence-corrected chi connectivity index (χ4v) is 3.28. The molecule has 2 atom stereocenters. The van der Waals surface area contributed by atoms with E-state index in [0.717, 1.165) is 23.5 Å². The van der Waals surface area contributed by atoms with Crippen LogP contribution >= 0.6 is 0 Å². The van der Waals surface area contributed by atoms with Gasteiger partial charge in [-0.3, -0.25) is 10.0 Å². The first-order chi connectivity index (χ1) is 9.15. The van der Waals surface area contributed by atoms with Crippen LogP contribution in [0, 0.1) is 5.92 Å². The van der Waals surface area contributed by atoms with Gasteiger partial charge in [-0.1, -0.05) is 25.0 Å². The molecule has 102 valence electrons. The van der Waals surface area contributed by atoms with Gasteiger partial charge in [-0.05, 0) is 42.4 Å². The minimum atomic E-state index is -0.295. The van der Waals surface area contributed by atoms with Gasteiger partial charge in [-0.2, -0.15) is 0 Å². The number of nitrogens with zero attached hydrogens (tertiary/aromatic N) is 1. The molecule has 4 heteroatoms. The topological polar surface area (TPSA) is 66.6 Å². The second-order valence-electron chi connectivity index (χ2n) is 5.77. The third kappa shape index (κ3) is 2.38. The second kappa shape index (κ2) is 4.94. The first kappa shape index (κ1) is 12.6. The molecule has 0 saturated heterocycles. The molecule has 1 fully saturated rings. The fourth-order valence-electron chi connectivity index (χ4n) is 3.28. The van der Waals surface area contributed by atoms with Crippen LogP contribution in [-0.2, 0) is 13.0 Å². The molecule has 0 radical (unpaired) electrons. The van der Waals surface area contributed by atoms with Crippen LogP contribution in [0.3, 0.4) is 0 Å². The maximum Gasteiger partial charge on any atom is 0.277 e. The van der Waals surface area contributed by atoms with Gasteiger partial charge in [-0.25, -0.2) is 5.06 Å². The van der Waals surface area contributed by atoms with Crippen molar-refractivity contribution in [1.82, 2.24) is 5.06 Å². The Morgan fingerprint density at radius 1 is 1.32 bits per heavy atom. The molecule has 0 unspecified atom stereocenters. The quantitative estimate of drug-likeness (QED) is 0.800. The molecule has 0 bridgehead atoms. The molecular weight excluding hydrogens is 240 g/mol. The third-order valence-electron chi connectivity index (χ3n) is 4.42. The van der Waals surface area contributed by atoms with E-state index in [4.69, 9.17) is 5.73 Å². The number of rotatable bonds is 2. The van der Waals surface area contributed by atoms with Crippen molar-refractivity contribution in [2.75, 3.05) is 0 Å². The summed E-state index contributed by atoms with van der Waals surface area (Å²) in [6.45, 7) is 0.304. The number of benzene rings is 1. The largest absolute Gasteiger partial charge is 0.327 e. The van der Waals surface area contributed by atoms with Gasteiger partial charge in [0.25, 0.3) is 5.91 Å². The highest BCUT2D eigenvalue weighted by atomic mass is 16.5. The minimum Gasteiger partial charge on any atom is -0.327 e. The molecule has 1 heterocycles. The predicted molar refractivity (Wildman–Crippen MR) is 71.7 cm³/mol. The van der Waals surface area contributed by atoms with Crippen LogP contribution in [0.1, 0.15) is 47.2 Å². The first-order valence-corrected chi connectivity index (χ1v) is 7.03. The van der Waals surface area contributed by atoms with E-state index in [1.165, 1.54) is 24.8 Å². The van der Waals surface area contributed by atoms with Gasteiger partial charge in [0.15, 0.2) is 0 Å². The Morgan fingerprint density at radius 2 is 2.11 bits per heavy atom. The average Bonchev–Trinajstić information content (AvgIpc) is 2.68. The summed E-state index contributed by atoms with van der Waals surface area (Å²) in [5.41, 5.74) is 8.96. The zero-order valence-electron chi connectivity index (χ0n) is 11.0. The second-order valence-corrected chi connectivity index (χ2v) is 5.77. The van der Waals surface area contributed by atoms with Crippen molar-refractivity contribution in [3.63, 3.8) is 0 Å². The molecular formula is C15H20N2O2. The van der Waals surface area contributed by atoms with Crippen LogP contribution in [0.15, 0.2) is 18.2 Å². The molecule has 1 amide bonds. The summed E-state index contributed by atoms with van der Waals surface area (Å²) in [5, 5.41) is 10.2. The summed E-state index contributed by atoms with van der Waals surface area (Å²) in [4.78, 5) is 11.6. The third-order valence-corrected chi connectivity index (χ3v) is 4.42. The Kier molecular flexibility index (Phi) is 3.29. The van der Waals surface area contributed by atoms with Crippen LogP contribution in [-0.4, -0.2) is 22.2 Å². The molecule has 1 saturated carbocycles. The lowest BCUT2D eigenvalue weighted by Gasteiger charge is -2.28. The minimum absolute atomic E-state index is 0.295. The highest BCUT2D eigenvalue weighted by Crippen LogP contribution is 2.28. The molecule has 0 aromatic heterocycles. The van der Waals surface area contributed by atoms with Crippen molar-refractivity contribution in [3.8, 4) is 0 Å². The SMILES string of the molecule is N[C@H]1CCCC[C@@H]1Cc1ccc2c(c1)CN(O)C2=O. The van der Waals surface area contributed by atoms with Gasteiger partial charge in [0.1, 0.15) is 0 Å². The summed E-state index contributed by atoms with van der Waals surface area (Å²) in [6, 6.07) is 6.18. The van der Waals surface area contributed by atoms with E-state index in [1.54, 1.807) is 0 Å². The first-order valence-electron chi connectivity index (χ1n) is 7.03. The van der Waals surface area contributed by atoms with Gasteiger partial charge < -0.3 is 5.73 Å². The van der Waals surface area contributed by atoms with E-state index in [9.17, 15) is 10.0 Å². The maximum atomic E-state index is 11.6. The summed E-state index contributed by atoms with van der Waals surface area (Å²) < 4.78 is 0. The maximum absolute atomic E-state index is 11.6. The van der Waals surface area contributed by atoms with E-state index in [2.05, 4.69) is 0 Å². The van der Waals surface area contributed by atoms with E-state index in [1.807, 2.05) is 18.2 Å². The lowest BCUT2D eigenvalue weighted by atomic mass is 9.81. The number of carbonyl (C=O) groups is 1. The van der Waals surface area contributed by atoms with Crippen molar-refractivity contribution >= 4 is 5.91 Å². The molecule has 3 rings (SSSR count). The van der Waals surface area contributed by atoms with Gasteiger partial charge >= 0.3 is 0 Å². The lowest BCUT2D eigenvalue weighted by Crippen LogP contribution is -2.34. The van der Waals surface area contributed by atoms with Crippen molar-refractivity contribution in [2.24, 2.45) is 11.7 Å². The van der Waals surface area contributed by atoms with E-state index in [0.29, 0.717) is 24.1 Å². The number of hydroxylamine groups is 2. The Morgan fingerprint density at radius 3 is 2.89 bits per heavy atom. The van der Waals surface area contributed by atoms with Crippen LogP contribution in [0.5, 0.6) is 0 Å². The molecule has 4 nitrogen and oxygen atoms in total. The summed E-state index contributed by atoms with van der Waals surface area (Å²) in [6.07, 6.45) is 5.82. The normalized spacial score (nSPS) is 26.6. The monoisotopic (exact) mass is 260 g/mol. The Hall–Kier alpha value is -1.39. The van der Waals surface area contributed by atoms with Gasteiger partial charge in [0, 0.05) is 11.6 Å².